The lowest BCUT2D eigenvalue weighted by molar-refractivity contribution is 0.137. The molecule has 5 nitrogen and oxygen atoms in total. The van der Waals surface area contributed by atoms with E-state index in [4.69, 9.17) is 4.55 Å². The van der Waals surface area contributed by atoms with E-state index in [-0.39, 0.29) is 0 Å². The summed E-state index contributed by atoms with van der Waals surface area (Å²) in [4.78, 5) is 1.73. The summed E-state index contributed by atoms with van der Waals surface area (Å²) in [6, 6.07) is -0.458. The third-order valence-electron chi connectivity index (χ3n) is 2.21. The van der Waals surface area contributed by atoms with Crippen molar-refractivity contribution in [3.05, 3.63) is 0 Å². The molecule has 0 aromatic heterocycles. The third kappa shape index (κ3) is 1.95. The number of rotatable bonds is 2. The maximum absolute atomic E-state index is 10.5. The van der Waals surface area contributed by atoms with Gasteiger partial charge >= 0.3 is 0 Å². The van der Waals surface area contributed by atoms with E-state index in [9.17, 15) is 13.5 Å². The van der Waals surface area contributed by atoms with Gasteiger partial charge in [0.1, 0.15) is 0 Å². The van der Waals surface area contributed by atoms with Crippen LogP contribution in [0.25, 0.3) is 0 Å². The van der Waals surface area contributed by atoms with Crippen LogP contribution in [0, 0.1) is 0 Å². The molecule has 72 valence electrons. The maximum Gasteiger partial charge on any atom is 0.293 e. The lowest BCUT2D eigenvalue weighted by Gasteiger charge is -2.22. The number of aliphatic hydroxyl groups excluding tert-OH is 1. The van der Waals surface area contributed by atoms with Crippen molar-refractivity contribution in [1.29, 1.82) is 0 Å². The first kappa shape index (κ1) is 9.91. The summed E-state index contributed by atoms with van der Waals surface area (Å²) in [6.45, 7) is 0.761. The SMILES string of the molecule is CN1CCC[C@H]1C(O)S(=O)(=O)O. The number of likely N-dealkylation sites (N-methyl/N-ethyl adjacent to an activating group) is 1. The van der Waals surface area contributed by atoms with Crippen LogP contribution in [-0.4, -0.2) is 48.0 Å². The first-order valence-corrected chi connectivity index (χ1v) is 5.28. The van der Waals surface area contributed by atoms with Gasteiger partial charge in [-0.25, -0.2) is 0 Å². The summed E-state index contributed by atoms with van der Waals surface area (Å²) in [6.07, 6.45) is 1.46. The zero-order chi connectivity index (χ0) is 9.35. The highest BCUT2D eigenvalue weighted by Gasteiger charge is 2.35. The Morgan fingerprint density at radius 3 is 2.50 bits per heavy atom. The fraction of sp³-hybridized carbons (Fsp3) is 1.00. The van der Waals surface area contributed by atoms with Gasteiger partial charge in [0.15, 0.2) is 5.44 Å². The number of nitrogens with zero attached hydrogens (tertiary/aromatic N) is 1. The summed E-state index contributed by atoms with van der Waals surface area (Å²) >= 11 is 0. The topological polar surface area (TPSA) is 77.8 Å². The number of hydrogen-bond donors (Lipinski definition) is 2. The Hall–Kier alpha value is -0.170. The molecule has 0 spiro atoms. The van der Waals surface area contributed by atoms with E-state index in [2.05, 4.69) is 0 Å². The monoisotopic (exact) mass is 195 g/mol. The Morgan fingerprint density at radius 1 is 1.58 bits per heavy atom. The molecule has 1 unspecified atom stereocenters. The van der Waals surface area contributed by atoms with Crippen LogP contribution in [0.4, 0.5) is 0 Å². The standard InChI is InChI=1S/C6H13NO4S/c1-7-4-2-3-5(7)6(8)12(9,10)11/h5-6,8H,2-4H2,1H3,(H,9,10,11)/t5-,6?/m0/s1. The second kappa shape index (κ2) is 3.29. The van der Waals surface area contributed by atoms with Crippen molar-refractivity contribution in [2.75, 3.05) is 13.6 Å². The van der Waals surface area contributed by atoms with Crippen molar-refractivity contribution in [3.63, 3.8) is 0 Å². The van der Waals surface area contributed by atoms with Gasteiger partial charge in [-0.2, -0.15) is 8.42 Å². The maximum atomic E-state index is 10.5. The second-order valence-corrected chi connectivity index (χ2v) is 4.61. The molecule has 2 N–H and O–H groups in total. The summed E-state index contributed by atoms with van der Waals surface area (Å²) in [5, 5.41) is 9.18. The van der Waals surface area contributed by atoms with Gasteiger partial charge in [0, 0.05) is 0 Å². The Morgan fingerprint density at radius 2 is 2.17 bits per heavy atom. The molecule has 6 heteroatoms. The van der Waals surface area contributed by atoms with Crippen molar-refractivity contribution < 1.29 is 18.1 Å². The van der Waals surface area contributed by atoms with E-state index < -0.39 is 21.6 Å². The molecule has 1 rings (SSSR count). The molecule has 1 aliphatic rings. The molecule has 1 fully saturated rings. The molecule has 0 amide bonds. The van der Waals surface area contributed by atoms with Gasteiger partial charge in [-0.1, -0.05) is 0 Å². The molecule has 0 aromatic carbocycles. The fourth-order valence-corrected chi connectivity index (χ4v) is 2.24. The minimum atomic E-state index is -4.31. The lowest BCUT2D eigenvalue weighted by atomic mass is 10.2. The minimum Gasteiger partial charge on any atom is -0.374 e. The van der Waals surface area contributed by atoms with E-state index >= 15 is 0 Å². The van der Waals surface area contributed by atoms with Crippen LogP contribution in [0.3, 0.4) is 0 Å². The zero-order valence-corrected chi connectivity index (χ0v) is 7.66. The van der Waals surface area contributed by atoms with Crippen LogP contribution in [0.2, 0.25) is 0 Å². The zero-order valence-electron chi connectivity index (χ0n) is 6.84. The molecule has 1 aliphatic heterocycles. The largest absolute Gasteiger partial charge is 0.374 e. The van der Waals surface area contributed by atoms with Gasteiger partial charge in [0.25, 0.3) is 10.1 Å². The van der Waals surface area contributed by atoms with Crippen LogP contribution in [-0.2, 0) is 10.1 Å². The number of aliphatic hydroxyl groups is 1. The van der Waals surface area contributed by atoms with Gasteiger partial charge < -0.3 is 5.11 Å². The van der Waals surface area contributed by atoms with Crippen LogP contribution in [0.5, 0.6) is 0 Å². The van der Waals surface area contributed by atoms with Gasteiger partial charge in [-0.05, 0) is 26.4 Å². The molecule has 0 aliphatic carbocycles. The fourth-order valence-electron chi connectivity index (χ4n) is 1.49. The molecular weight excluding hydrogens is 182 g/mol. The normalized spacial score (nSPS) is 29.1. The average Bonchev–Trinajstić information content (AvgIpc) is 2.31. The van der Waals surface area contributed by atoms with Gasteiger partial charge in [0.05, 0.1) is 6.04 Å². The predicted molar refractivity (Wildman–Crippen MR) is 43.2 cm³/mol. The van der Waals surface area contributed by atoms with Crippen LogP contribution >= 0.6 is 0 Å². The number of likely N-dealkylation sites (tertiary alicyclic amines) is 1. The van der Waals surface area contributed by atoms with Gasteiger partial charge in [-0.15, -0.1) is 0 Å². The quantitative estimate of drug-likeness (QED) is 0.569. The molecular formula is C6H13NO4S. The lowest BCUT2D eigenvalue weighted by Crippen LogP contribution is -2.41. The molecule has 0 bridgehead atoms. The summed E-state index contributed by atoms with van der Waals surface area (Å²) in [5.41, 5.74) is -1.66. The van der Waals surface area contributed by atoms with E-state index in [1.165, 1.54) is 0 Å². The molecule has 1 saturated heterocycles. The minimum absolute atomic E-state index is 0.458. The summed E-state index contributed by atoms with van der Waals surface area (Å²) in [7, 11) is -2.58. The van der Waals surface area contributed by atoms with Crippen LogP contribution in [0.15, 0.2) is 0 Å². The summed E-state index contributed by atoms with van der Waals surface area (Å²) < 4.78 is 29.6. The Bertz CT molecular complexity index is 250. The van der Waals surface area contributed by atoms with E-state index in [0.29, 0.717) is 6.42 Å². The molecule has 0 aromatic rings. The summed E-state index contributed by atoms with van der Waals surface area (Å²) in [5.74, 6) is 0. The molecule has 0 saturated carbocycles. The average molecular weight is 195 g/mol. The van der Waals surface area contributed by atoms with Gasteiger partial charge in [-0.3, -0.25) is 9.45 Å². The first-order chi connectivity index (χ1) is 5.43. The van der Waals surface area contributed by atoms with Gasteiger partial charge in [0.2, 0.25) is 0 Å². The molecule has 0 radical (unpaired) electrons. The highest BCUT2D eigenvalue weighted by molar-refractivity contribution is 7.86. The smallest absolute Gasteiger partial charge is 0.293 e. The Balaban J connectivity index is 2.70. The van der Waals surface area contributed by atoms with Crippen molar-refractivity contribution in [3.8, 4) is 0 Å². The second-order valence-electron chi connectivity index (χ2n) is 3.10. The predicted octanol–water partition coefficient (Wildman–Crippen LogP) is -0.713. The Labute approximate surface area is 71.7 Å². The van der Waals surface area contributed by atoms with Crippen molar-refractivity contribution in [2.45, 2.75) is 24.3 Å². The van der Waals surface area contributed by atoms with Crippen molar-refractivity contribution in [2.24, 2.45) is 0 Å². The Kier molecular flexibility index (Phi) is 2.72. The van der Waals surface area contributed by atoms with E-state index in [0.717, 1.165) is 13.0 Å². The van der Waals surface area contributed by atoms with Crippen molar-refractivity contribution in [1.82, 2.24) is 4.90 Å². The van der Waals surface area contributed by atoms with E-state index in [1.807, 2.05) is 0 Å². The highest BCUT2D eigenvalue weighted by Crippen LogP contribution is 2.20. The van der Waals surface area contributed by atoms with Crippen LogP contribution < -0.4 is 0 Å². The van der Waals surface area contributed by atoms with Crippen molar-refractivity contribution >= 4 is 10.1 Å². The first-order valence-electron chi connectivity index (χ1n) is 3.77. The molecule has 2 atom stereocenters. The molecule has 12 heavy (non-hydrogen) atoms. The highest BCUT2D eigenvalue weighted by atomic mass is 32.2. The third-order valence-corrected chi connectivity index (χ3v) is 3.14. The van der Waals surface area contributed by atoms with E-state index in [1.54, 1.807) is 11.9 Å². The number of hydrogen-bond acceptors (Lipinski definition) is 4. The molecule has 1 heterocycles. The van der Waals surface area contributed by atoms with Crippen LogP contribution in [0.1, 0.15) is 12.8 Å².